The zero-order valence-corrected chi connectivity index (χ0v) is 40.7. The number of aromatic amines is 3. The van der Waals surface area contributed by atoms with Crippen LogP contribution in [0.25, 0.3) is 33.0 Å². The molecule has 0 atom stereocenters. The van der Waals surface area contributed by atoms with Gasteiger partial charge in [0.25, 0.3) is 0 Å². The highest BCUT2D eigenvalue weighted by atomic mass is 19.1. The van der Waals surface area contributed by atoms with Crippen molar-refractivity contribution in [1.82, 2.24) is 70.5 Å². The van der Waals surface area contributed by atoms with Gasteiger partial charge >= 0.3 is 0 Å². The summed E-state index contributed by atoms with van der Waals surface area (Å²) in [5.41, 5.74) is 5.32. The molecular weight excluding hydrogens is 944 g/mol. The second-order valence-electron chi connectivity index (χ2n) is 18.2. The van der Waals surface area contributed by atoms with Crippen LogP contribution in [0.3, 0.4) is 0 Å². The van der Waals surface area contributed by atoms with E-state index >= 15 is 0 Å². The molecule has 1 aromatic carbocycles. The van der Waals surface area contributed by atoms with Crippen LogP contribution in [-0.2, 0) is 14.2 Å². The van der Waals surface area contributed by atoms with Crippen molar-refractivity contribution >= 4 is 67.9 Å². The predicted molar refractivity (Wildman–Crippen MR) is 273 cm³/mol. The molecule has 9 aromatic rings. The molecule has 3 aliphatic heterocycles. The Labute approximate surface area is 421 Å². The lowest BCUT2D eigenvalue weighted by Gasteiger charge is -2.22. The standard InChI is InChI=1S/C17H19FN6O.C17H18FN5O.C16H17FN6O.3H2/c1-9-10(2)20-15(11-3-5-25-6-4-11)21-14(9)22-17-13-7-12(18)8-19-16(13)23-24-17;1-10-8-15(20-16(19-10)11-4-6-24-7-5-11)21-17-13-9-12(18)2-3-14(13)22-23-17;1-9-6-13(20-14(19-9)10-2-4-24-5-3-10)21-16-12-7-11(17)8-18-15(12)22-23-16;;;/h7-8,11H,3-6H2,1-2H3,(H2,19,20,21,22,23,24);2-3,8-9,11H,4-7H2,1H3,(H2,19,20,21,22,23);6-8,10H,2-5H2,1H3,(H2,18,19,20,21,22,23);3*1H. The van der Waals surface area contributed by atoms with E-state index in [0.29, 0.717) is 80.1 Å². The predicted octanol–water partition coefficient (Wildman–Crippen LogP) is 10.2. The van der Waals surface area contributed by atoms with E-state index < -0.39 is 11.6 Å². The Kier molecular flexibility index (Phi) is 14.7. The fourth-order valence-corrected chi connectivity index (χ4v) is 8.89. The second kappa shape index (κ2) is 21.9. The van der Waals surface area contributed by atoms with Gasteiger partial charge in [-0.1, -0.05) is 0 Å². The number of aromatic nitrogens is 14. The van der Waals surface area contributed by atoms with Crippen LogP contribution < -0.4 is 16.0 Å². The Morgan fingerprint density at radius 2 is 0.973 bits per heavy atom. The Morgan fingerprint density at radius 3 is 1.51 bits per heavy atom. The molecule has 8 aromatic heterocycles. The van der Waals surface area contributed by atoms with E-state index in [0.717, 1.165) is 136 Å². The van der Waals surface area contributed by atoms with E-state index in [1.165, 1.54) is 24.3 Å². The zero-order chi connectivity index (χ0) is 50.4. The van der Waals surface area contributed by atoms with Crippen molar-refractivity contribution in [2.45, 2.75) is 84.0 Å². The van der Waals surface area contributed by atoms with Crippen LogP contribution in [0.5, 0.6) is 0 Å². The topological polar surface area (TPSA) is 253 Å². The minimum atomic E-state index is -0.409. The van der Waals surface area contributed by atoms with Gasteiger partial charge in [-0.25, -0.2) is 53.0 Å². The smallest absolute Gasteiger partial charge is 0.183 e. The molecule has 0 unspecified atom stereocenters. The number of nitrogens with zero attached hydrogens (tertiary/aromatic N) is 11. The number of pyridine rings is 2. The third kappa shape index (κ3) is 11.6. The van der Waals surface area contributed by atoms with E-state index in [1.54, 1.807) is 6.07 Å². The summed E-state index contributed by atoms with van der Waals surface area (Å²) in [7, 11) is 0. The monoisotopic (exact) mass is 1000 g/mol. The van der Waals surface area contributed by atoms with Gasteiger partial charge in [-0.3, -0.25) is 15.3 Å². The van der Waals surface area contributed by atoms with Gasteiger partial charge in [-0.2, -0.15) is 15.3 Å². The molecule has 20 nitrogen and oxygen atoms in total. The van der Waals surface area contributed by atoms with Gasteiger partial charge in [-0.05, 0) is 96.6 Å². The van der Waals surface area contributed by atoms with Gasteiger partial charge in [-0.15, -0.1) is 0 Å². The van der Waals surface area contributed by atoms with Crippen LogP contribution in [0.15, 0.2) is 54.9 Å². The van der Waals surface area contributed by atoms with E-state index in [4.69, 9.17) is 19.2 Å². The highest BCUT2D eigenvalue weighted by molar-refractivity contribution is 5.91. The number of aryl methyl sites for hydroxylation is 3. The Balaban J connectivity index is 0.000000163. The van der Waals surface area contributed by atoms with E-state index in [1.807, 2.05) is 39.8 Å². The van der Waals surface area contributed by atoms with Gasteiger partial charge in [0, 0.05) is 102 Å². The highest BCUT2D eigenvalue weighted by Gasteiger charge is 2.24. The van der Waals surface area contributed by atoms with Crippen molar-refractivity contribution < 1.29 is 31.7 Å². The average Bonchev–Trinajstić information content (AvgIpc) is 4.12. The summed E-state index contributed by atoms with van der Waals surface area (Å²) < 4.78 is 56.7. The third-order valence-corrected chi connectivity index (χ3v) is 12.9. The minimum Gasteiger partial charge on any atom is -0.381 e. The zero-order valence-electron chi connectivity index (χ0n) is 40.7. The first-order valence-electron chi connectivity index (χ1n) is 24.2. The van der Waals surface area contributed by atoms with E-state index in [2.05, 4.69) is 81.4 Å². The van der Waals surface area contributed by atoms with Crippen molar-refractivity contribution in [1.29, 1.82) is 0 Å². The molecule has 0 saturated carbocycles. The van der Waals surface area contributed by atoms with Gasteiger partial charge in [0.2, 0.25) is 0 Å². The quantitative estimate of drug-likeness (QED) is 0.0786. The summed E-state index contributed by atoms with van der Waals surface area (Å²) in [6.07, 6.45) is 7.84. The summed E-state index contributed by atoms with van der Waals surface area (Å²) in [6, 6.07) is 11.0. The van der Waals surface area contributed by atoms with Gasteiger partial charge in [0.15, 0.2) is 17.1 Å². The Bertz CT molecular complexity index is 3240. The Hall–Kier alpha value is -7.76. The first kappa shape index (κ1) is 48.8. The molecule has 0 aliphatic carbocycles. The number of rotatable bonds is 9. The number of ether oxygens (including phenoxy) is 3. The van der Waals surface area contributed by atoms with Gasteiger partial charge in [0.1, 0.15) is 64.0 Å². The van der Waals surface area contributed by atoms with Crippen molar-refractivity contribution in [2.24, 2.45) is 0 Å². The molecule has 0 bridgehead atoms. The number of anilines is 6. The van der Waals surface area contributed by atoms with Gasteiger partial charge < -0.3 is 30.2 Å². The number of H-pyrrole nitrogens is 3. The van der Waals surface area contributed by atoms with Crippen LogP contribution in [0, 0.1) is 45.1 Å². The Morgan fingerprint density at radius 1 is 0.493 bits per heavy atom. The number of hydrogen-bond acceptors (Lipinski definition) is 17. The van der Waals surface area contributed by atoms with Crippen molar-refractivity contribution in [3.63, 3.8) is 0 Å². The van der Waals surface area contributed by atoms with Crippen LogP contribution in [-0.4, -0.2) is 110 Å². The molecule has 384 valence electrons. The maximum Gasteiger partial charge on any atom is 0.183 e. The van der Waals surface area contributed by atoms with Crippen LogP contribution in [0.2, 0.25) is 0 Å². The van der Waals surface area contributed by atoms with Crippen molar-refractivity contribution in [2.75, 3.05) is 55.6 Å². The van der Waals surface area contributed by atoms with Crippen molar-refractivity contribution in [3.05, 3.63) is 112 Å². The number of fused-ring (bicyclic) bond motifs is 3. The molecular formula is C50H60F3N17O3. The number of nitrogens with one attached hydrogen (secondary N) is 6. The minimum absolute atomic E-state index is 0. The molecule has 0 amide bonds. The number of hydrogen-bond donors (Lipinski definition) is 6. The lowest BCUT2D eigenvalue weighted by molar-refractivity contribution is 0.0835. The maximum atomic E-state index is 13.5. The average molecular weight is 1000 g/mol. The summed E-state index contributed by atoms with van der Waals surface area (Å²) in [4.78, 5) is 35.7. The molecule has 3 fully saturated rings. The molecule has 6 N–H and O–H groups in total. The molecule has 73 heavy (non-hydrogen) atoms. The van der Waals surface area contributed by atoms with Crippen molar-refractivity contribution in [3.8, 4) is 0 Å². The molecule has 3 aliphatic rings. The molecule has 23 heteroatoms. The second-order valence-corrected chi connectivity index (χ2v) is 18.2. The summed E-state index contributed by atoms with van der Waals surface area (Å²) >= 11 is 0. The van der Waals surface area contributed by atoms with Crippen LogP contribution in [0.1, 0.15) is 101 Å². The molecule has 0 radical (unpaired) electrons. The first-order valence-corrected chi connectivity index (χ1v) is 24.2. The molecule has 3 saturated heterocycles. The van der Waals surface area contributed by atoms with E-state index in [9.17, 15) is 13.2 Å². The fraction of sp³-hybridized carbons (Fsp3) is 0.380. The van der Waals surface area contributed by atoms with Gasteiger partial charge in [0.05, 0.1) is 28.7 Å². The highest BCUT2D eigenvalue weighted by Crippen LogP contribution is 2.32. The lowest BCUT2D eigenvalue weighted by atomic mass is 9.99. The summed E-state index contributed by atoms with van der Waals surface area (Å²) in [5, 5.41) is 32.4. The van der Waals surface area contributed by atoms with Crippen LogP contribution in [0.4, 0.5) is 48.1 Å². The maximum absolute atomic E-state index is 13.5. The number of halogens is 3. The fourth-order valence-electron chi connectivity index (χ4n) is 8.89. The lowest BCUT2D eigenvalue weighted by Crippen LogP contribution is -2.17. The van der Waals surface area contributed by atoms with Crippen LogP contribution >= 0.6 is 0 Å². The molecule has 0 spiro atoms. The first-order chi connectivity index (χ1) is 35.5. The van der Waals surface area contributed by atoms with E-state index in [-0.39, 0.29) is 10.1 Å². The molecule has 12 rings (SSSR count). The summed E-state index contributed by atoms with van der Waals surface area (Å²) in [5.74, 6) is 5.97. The molecule has 11 heterocycles. The summed E-state index contributed by atoms with van der Waals surface area (Å²) in [6.45, 7) is 12.2. The largest absolute Gasteiger partial charge is 0.381 e. The SMILES string of the molecule is Cc1cc(Nc2[nH]nc3ncc(F)cc23)nc(C2CCOCC2)n1.Cc1cc(Nc2n[nH]c3ccc(F)cc23)nc(C2CCOCC2)n1.Cc1nc(C2CCOCC2)nc(Nc2[nH]nc3ncc(F)cc23)c1C.[HH].[HH].[HH]. The normalized spacial score (nSPS) is 15.7. The third-order valence-electron chi connectivity index (χ3n) is 12.9. The number of benzene rings is 1.